The number of amides is 1. The number of aryl methyl sites for hydroxylation is 1. The van der Waals surface area contributed by atoms with Crippen LogP contribution in [0.3, 0.4) is 0 Å². The summed E-state index contributed by atoms with van der Waals surface area (Å²) < 4.78 is 18.5. The molecular weight excluding hydrogens is 464 g/mol. The maximum atomic E-state index is 12.5. The first-order valence-corrected chi connectivity index (χ1v) is 11.7. The average Bonchev–Trinajstić information content (AvgIpc) is 3.23. The van der Waals surface area contributed by atoms with Crippen LogP contribution in [0.1, 0.15) is 31.3 Å². The standard InChI is InChI=1S/C23H27ClN4O4S/c1-6-28-22(15(3)32-17-7-9-18(24)14(2)11-17)26-27-23(28)33-13-21(29)25-19-10-8-16(30-4)12-20(19)31-5/h7-12,15H,6,13H2,1-5H3,(H,25,29). The van der Waals surface area contributed by atoms with Crippen LogP contribution in [0.2, 0.25) is 5.02 Å². The van der Waals surface area contributed by atoms with Crippen LogP contribution in [0, 0.1) is 6.92 Å². The molecule has 176 valence electrons. The van der Waals surface area contributed by atoms with Crippen molar-refractivity contribution in [2.45, 2.75) is 38.6 Å². The molecule has 0 radical (unpaired) electrons. The normalized spacial score (nSPS) is 11.7. The summed E-state index contributed by atoms with van der Waals surface area (Å²) in [5.74, 6) is 2.54. The molecule has 1 atom stereocenters. The number of thioether (sulfide) groups is 1. The molecule has 1 unspecified atom stereocenters. The van der Waals surface area contributed by atoms with Gasteiger partial charge in [0, 0.05) is 17.6 Å². The van der Waals surface area contributed by atoms with E-state index in [1.165, 1.54) is 11.8 Å². The molecule has 10 heteroatoms. The van der Waals surface area contributed by atoms with E-state index in [2.05, 4.69) is 15.5 Å². The average molecular weight is 491 g/mol. The highest BCUT2D eigenvalue weighted by Gasteiger charge is 2.20. The number of aromatic nitrogens is 3. The minimum absolute atomic E-state index is 0.166. The number of nitrogens with zero attached hydrogens (tertiary/aromatic N) is 3. The quantitative estimate of drug-likeness (QED) is 0.393. The first-order chi connectivity index (χ1) is 15.9. The van der Waals surface area contributed by atoms with E-state index in [1.807, 2.05) is 37.5 Å². The molecule has 33 heavy (non-hydrogen) atoms. The summed E-state index contributed by atoms with van der Waals surface area (Å²) in [5.41, 5.74) is 1.51. The van der Waals surface area contributed by atoms with Gasteiger partial charge in [-0.25, -0.2) is 0 Å². The van der Waals surface area contributed by atoms with Gasteiger partial charge in [0.1, 0.15) is 17.2 Å². The molecule has 0 spiro atoms. The predicted octanol–water partition coefficient (Wildman–Crippen LogP) is 5.15. The summed E-state index contributed by atoms with van der Waals surface area (Å²) in [4.78, 5) is 12.5. The molecular formula is C23H27ClN4O4S. The van der Waals surface area contributed by atoms with Crippen molar-refractivity contribution < 1.29 is 19.0 Å². The lowest BCUT2D eigenvalue weighted by Crippen LogP contribution is -2.16. The first-order valence-electron chi connectivity index (χ1n) is 10.4. The highest BCUT2D eigenvalue weighted by molar-refractivity contribution is 7.99. The minimum atomic E-state index is -0.329. The maximum Gasteiger partial charge on any atom is 0.234 e. The predicted molar refractivity (Wildman–Crippen MR) is 130 cm³/mol. The molecule has 1 amide bonds. The second-order valence-electron chi connectivity index (χ2n) is 7.16. The molecule has 0 saturated carbocycles. The van der Waals surface area contributed by atoms with E-state index in [-0.39, 0.29) is 17.8 Å². The van der Waals surface area contributed by atoms with E-state index < -0.39 is 0 Å². The number of anilines is 1. The summed E-state index contributed by atoms with van der Waals surface area (Å²) >= 11 is 7.40. The van der Waals surface area contributed by atoms with E-state index in [0.717, 1.165) is 5.56 Å². The molecule has 8 nitrogen and oxygen atoms in total. The van der Waals surface area contributed by atoms with E-state index in [4.69, 9.17) is 25.8 Å². The number of ether oxygens (including phenoxy) is 3. The Morgan fingerprint density at radius 3 is 2.58 bits per heavy atom. The van der Waals surface area contributed by atoms with E-state index >= 15 is 0 Å². The lowest BCUT2D eigenvalue weighted by atomic mass is 10.2. The molecule has 0 aliphatic heterocycles. The molecule has 1 aromatic heterocycles. The Balaban J connectivity index is 1.65. The van der Waals surface area contributed by atoms with Gasteiger partial charge in [0.15, 0.2) is 17.1 Å². The van der Waals surface area contributed by atoms with Crippen molar-refractivity contribution in [3.05, 3.63) is 52.8 Å². The van der Waals surface area contributed by atoms with Crippen LogP contribution < -0.4 is 19.5 Å². The van der Waals surface area contributed by atoms with Gasteiger partial charge < -0.3 is 24.1 Å². The molecule has 0 fully saturated rings. The van der Waals surface area contributed by atoms with Gasteiger partial charge in [0.25, 0.3) is 0 Å². The van der Waals surface area contributed by atoms with Gasteiger partial charge in [-0.3, -0.25) is 4.79 Å². The van der Waals surface area contributed by atoms with Gasteiger partial charge in [-0.1, -0.05) is 23.4 Å². The number of carbonyl (C=O) groups is 1. The first kappa shape index (κ1) is 24.7. The molecule has 1 N–H and O–H groups in total. The highest BCUT2D eigenvalue weighted by Crippen LogP contribution is 2.30. The summed E-state index contributed by atoms with van der Waals surface area (Å²) in [6.07, 6.45) is -0.329. The van der Waals surface area contributed by atoms with Gasteiger partial charge in [0.05, 0.1) is 25.7 Å². The monoisotopic (exact) mass is 490 g/mol. The maximum absolute atomic E-state index is 12.5. The van der Waals surface area contributed by atoms with E-state index in [9.17, 15) is 4.79 Å². The van der Waals surface area contributed by atoms with Crippen molar-refractivity contribution in [2.75, 3.05) is 25.3 Å². The summed E-state index contributed by atoms with van der Waals surface area (Å²) in [6.45, 7) is 6.48. The zero-order valence-electron chi connectivity index (χ0n) is 19.2. The SMILES string of the molecule is CCn1c(SCC(=O)Nc2ccc(OC)cc2OC)nnc1C(C)Oc1ccc(Cl)c(C)c1. The van der Waals surface area contributed by atoms with Crippen LogP contribution in [0.25, 0.3) is 0 Å². The number of halogens is 1. The van der Waals surface area contributed by atoms with Crippen molar-refractivity contribution in [1.29, 1.82) is 0 Å². The molecule has 0 saturated heterocycles. The smallest absolute Gasteiger partial charge is 0.234 e. The molecule has 0 aliphatic rings. The highest BCUT2D eigenvalue weighted by atomic mass is 35.5. The number of hydrogen-bond acceptors (Lipinski definition) is 7. The molecule has 0 aliphatic carbocycles. The fraction of sp³-hybridized carbons (Fsp3) is 0.348. The second-order valence-corrected chi connectivity index (χ2v) is 8.51. The zero-order chi connectivity index (χ0) is 24.0. The molecule has 1 heterocycles. The van der Waals surface area contributed by atoms with Crippen molar-refractivity contribution in [1.82, 2.24) is 14.8 Å². The van der Waals surface area contributed by atoms with Crippen LogP contribution in [0.5, 0.6) is 17.2 Å². The van der Waals surface area contributed by atoms with Crippen molar-refractivity contribution in [3.8, 4) is 17.2 Å². The Hall–Kier alpha value is -2.91. The Bertz CT molecular complexity index is 1120. The Labute approximate surface area is 202 Å². The molecule has 2 aromatic carbocycles. The van der Waals surface area contributed by atoms with Crippen LogP contribution >= 0.6 is 23.4 Å². The van der Waals surface area contributed by atoms with Crippen LogP contribution in [-0.4, -0.2) is 40.6 Å². The number of methoxy groups -OCH3 is 2. The summed E-state index contributed by atoms with van der Waals surface area (Å²) in [6, 6.07) is 10.7. The van der Waals surface area contributed by atoms with Gasteiger partial charge in [-0.15, -0.1) is 10.2 Å². The Morgan fingerprint density at radius 2 is 1.91 bits per heavy atom. The van der Waals surface area contributed by atoms with Crippen molar-refractivity contribution >= 4 is 35.0 Å². The largest absolute Gasteiger partial charge is 0.497 e. The number of benzene rings is 2. The topological polar surface area (TPSA) is 87.5 Å². The van der Waals surface area contributed by atoms with Gasteiger partial charge in [-0.05, 0) is 56.7 Å². The van der Waals surface area contributed by atoms with Crippen molar-refractivity contribution in [2.24, 2.45) is 0 Å². The van der Waals surface area contributed by atoms with Crippen molar-refractivity contribution in [3.63, 3.8) is 0 Å². The van der Waals surface area contributed by atoms with Gasteiger partial charge in [0.2, 0.25) is 5.91 Å². The third-order valence-electron chi connectivity index (χ3n) is 4.88. The van der Waals surface area contributed by atoms with Crippen LogP contribution in [-0.2, 0) is 11.3 Å². The van der Waals surface area contributed by atoms with Gasteiger partial charge in [-0.2, -0.15) is 0 Å². The number of nitrogens with one attached hydrogen (secondary N) is 1. The van der Waals surface area contributed by atoms with Gasteiger partial charge >= 0.3 is 0 Å². The lowest BCUT2D eigenvalue weighted by Gasteiger charge is -2.16. The molecule has 3 aromatic rings. The minimum Gasteiger partial charge on any atom is -0.497 e. The fourth-order valence-electron chi connectivity index (χ4n) is 3.17. The number of rotatable bonds is 10. The van der Waals surface area contributed by atoms with E-state index in [1.54, 1.807) is 38.5 Å². The fourth-order valence-corrected chi connectivity index (χ4v) is 4.10. The van der Waals surface area contributed by atoms with Crippen LogP contribution in [0.15, 0.2) is 41.6 Å². The Kier molecular flexibility index (Phi) is 8.46. The zero-order valence-corrected chi connectivity index (χ0v) is 20.8. The molecule has 3 rings (SSSR count). The third-order valence-corrected chi connectivity index (χ3v) is 6.27. The summed E-state index contributed by atoms with van der Waals surface area (Å²) in [5, 5.41) is 12.8. The van der Waals surface area contributed by atoms with E-state index in [0.29, 0.717) is 45.5 Å². The van der Waals surface area contributed by atoms with Crippen LogP contribution in [0.4, 0.5) is 5.69 Å². The third kappa shape index (κ3) is 6.11. The number of hydrogen-bond donors (Lipinski definition) is 1. The Morgan fingerprint density at radius 1 is 1.15 bits per heavy atom. The number of carbonyl (C=O) groups excluding carboxylic acids is 1. The lowest BCUT2D eigenvalue weighted by molar-refractivity contribution is -0.113. The summed E-state index contributed by atoms with van der Waals surface area (Å²) in [7, 11) is 3.11. The molecule has 0 bridgehead atoms. The second kappa shape index (κ2) is 11.3.